The molecule has 0 unspecified atom stereocenters. The Morgan fingerprint density at radius 3 is 2.83 bits per heavy atom. The number of amides is 1. The highest BCUT2D eigenvalue weighted by atomic mass is 32.2. The Balaban J connectivity index is 1.64. The first-order valence-electron chi connectivity index (χ1n) is 9.52. The van der Waals surface area contributed by atoms with Crippen LogP contribution < -0.4 is 4.72 Å². The summed E-state index contributed by atoms with van der Waals surface area (Å²) in [5.41, 5.74) is 0.838. The number of hydrogen-bond donors (Lipinski definition) is 2. The third-order valence-electron chi connectivity index (χ3n) is 4.47. The number of carbonyl (C=O) groups is 1. The van der Waals surface area contributed by atoms with Crippen molar-refractivity contribution in [2.75, 3.05) is 6.61 Å². The zero-order chi connectivity index (χ0) is 22.1. The molecule has 0 radical (unpaired) electrons. The fourth-order valence-electron chi connectivity index (χ4n) is 3.18. The summed E-state index contributed by atoms with van der Waals surface area (Å²) in [5, 5.41) is 11.2. The van der Waals surface area contributed by atoms with Gasteiger partial charge in [-0.15, -0.1) is 0 Å². The minimum absolute atomic E-state index is 0.227. The van der Waals surface area contributed by atoms with Gasteiger partial charge in [-0.05, 0) is 32.8 Å². The van der Waals surface area contributed by atoms with Crippen molar-refractivity contribution >= 4 is 27.4 Å². The van der Waals surface area contributed by atoms with E-state index >= 15 is 0 Å². The molecule has 1 aliphatic rings. The number of aryl methyl sites for hydroxylation is 1. The summed E-state index contributed by atoms with van der Waals surface area (Å²) in [6.45, 7) is 6.34. The van der Waals surface area contributed by atoms with Crippen molar-refractivity contribution in [2.45, 2.75) is 64.6 Å². The molecule has 1 aliphatic heterocycles. The smallest absolute Gasteiger partial charge is 0.423 e. The van der Waals surface area contributed by atoms with Gasteiger partial charge >= 0.3 is 16.4 Å². The first-order chi connectivity index (χ1) is 14.0. The fraction of sp³-hybridized carbons (Fsp3) is 0.611. The van der Waals surface area contributed by atoms with Crippen molar-refractivity contribution < 1.29 is 32.0 Å². The van der Waals surface area contributed by atoms with Crippen LogP contribution in [0.5, 0.6) is 0 Å². The van der Waals surface area contributed by atoms with Crippen LogP contribution in [-0.2, 0) is 30.4 Å². The molecule has 0 aromatic carbocycles. The van der Waals surface area contributed by atoms with Crippen LogP contribution in [0, 0.1) is 0 Å². The normalized spacial score (nSPS) is 22.4. The van der Waals surface area contributed by atoms with Gasteiger partial charge in [0.15, 0.2) is 0 Å². The average molecular weight is 442 g/mol. The molecule has 12 heteroatoms. The number of rotatable bonds is 6. The van der Waals surface area contributed by atoms with E-state index in [9.17, 15) is 18.3 Å². The second kappa shape index (κ2) is 8.46. The third kappa shape index (κ3) is 5.25. The number of ether oxygens (including phenoxy) is 2. The summed E-state index contributed by atoms with van der Waals surface area (Å²) in [7, 11) is -4.42. The molecule has 1 fully saturated rings. The number of carbonyl (C=O) groups excluding carboxylic acids is 1. The molecule has 166 valence electrons. The van der Waals surface area contributed by atoms with Crippen LogP contribution >= 0.6 is 0 Å². The van der Waals surface area contributed by atoms with Crippen LogP contribution in [0.4, 0.5) is 4.79 Å². The maximum absolute atomic E-state index is 12.0. The quantitative estimate of drug-likeness (QED) is 0.679. The number of nitrogens with one attached hydrogen (secondary N) is 1. The SMILES string of the molecule is CCc1cn([C@H]2C[C@H](O)[C@@H](COS(=O)(=O)NC(=O)OC(C)(C)C)O2)c2ncncc12. The summed E-state index contributed by atoms with van der Waals surface area (Å²) >= 11 is 0. The lowest BCUT2D eigenvalue weighted by Gasteiger charge is -2.20. The van der Waals surface area contributed by atoms with Crippen molar-refractivity contribution in [3.63, 3.8) is 0 Å². The Morgan fingerprint density at radius 1 is 1.43 bits per heavy atom. The van der Waals surface area contributed by atoms with Crippen LogP contribution in [-0.4, -0.2) is 58.6 Å². The van der Waals surface area contributed by atoms with Gasteiger partial charge in [0.05, 0.1) is 12.7 Å². The minimum Gasteiger partial charge on any atom is -0.443 e. The Kier molecular flexibility index (Phi) is 6.32. The molecule has 1 amide bonds. The summed E-state index contributed by atoms with van der Waals surface area (Å²) in [6.07, 6.45) is 2.47. The number of nitrogens with zero attached hydrogens (tertiary/aromatic N) is 3. The Labute approximate surface area is 174 Å². The maximum Gasteiger partial charge on any atom is 0.423 e. The maximum atomic E-state index is 12.0. The molecule has 3 rings (SSSR count). The number of aromatic nitrogens is 3. The molecule has 0 spiro atoms. The van der Waals surface area contributed by atoms with E-state index < -0.39 is 47.0 Å². The van der Waals surface area contributed by atoms with Gasteiger partial charge in [-0.3, -0.25) is 4.18 Å². The van der Waals surface area contributed by atoms with Crippen molar-refractivity contribution in [3.05, 3.63) is 24.3 Å². The van der Waals surface area contributed by atoms with Crippen molar-refractivity contribution in [1.82, 2.24) is 19.3 Å². The largest absolute Gasteiger partial charge is 0.443 e. The van der Waals surface area contributed by atoms with Gasteiger partial charge in [0.2, 0.25) is 0 Å². The fourth-order valence-corrected chi connectivity index (χ4v) is 3.80. The lowest BCUT2D eigenvalue weighted by Crippen LogP contribution is -2.39. The zero-order valence-electron chi connectivity index (χ0n) is 17.2. The molecule has 30 heavy (non-hydrogen) atoms. The van der Waals surface area contributed by atoms with Gasteiger partial charge < -0.3 is 19.1 Å². The molecular weight excluding hydrogens is 416 g/mol. The zero-order valence-corrected chi connectivity index (χ0v) is 18.0. The number of hydrogen-bond acceptors (Lipinski definition) is 9. The van der Waals surface area contributed by atoms with Gasteiger partial charge in [-0.25, -0.2) is 14.8 Å². The lowest BCUT2D eigenvalue weighted by atomic mass is 10.2. The highest BCUT2D eigenvalue weighted by Crippen LogP contribution is 2.33. The molecular formula is C18H26N4O7S. The van der Waals surface area contributed by atoms with Gasteiger partial charge in [0.25, 0.3) is 0 Å². The highest BCUT2D eigenvalue weighted by Gasteiger charge is 2.37. The second-order valence-corrected chi connectivity index (χ2v) is 9.30. The number of aliphatic hydroxyl groups excluding tert-OH is 1. The van der Waals surface area contributed by atoms with Gasteiger partial charge in [-0.2, -0.15) is 13.1 Å². The first-order valence-corrected chi connectivity index (χ1v) is 10.9. The van der Waals surface area contributed by atoms with E-state index in [4.69, 9.17) is 13.7 Å². The molecule has 3 heterocycles. The van der Waals surface area contributed by atoms with E-state index in [0.29, 0.717) is 5.65 Å². The summed E-state index contributed by atoms with van der Waals surface area (Å²) in [4.78, 5) is 20.0. The standard InChI is InChI=1S/C18H26N4O7S/c1-5-11-8-22(16-12(11)7-19-10-20-16)15-6-13(23)14(28-15)9-27-30(25,26)21-17(24)29-18(2,3)4/h7-8,10,13-15,23H,5-6,9H2,1-4H3,(H,21,24)/t13-,14+,15+/m0/s1. The summed E-state index contributed by atoms with van der Waals surface area (Å²) in [5.74, 6) is 0. The molecule has 2 aromatic heterocycles. The Hall–Kier alpha value is -2.28. The highest BCUT2D eigenvalue weighted by molar-refractivity contribution is 7.85. The molecule has 1 saturated heterocycles. The number of aliphatic hydroxyl groups is 1. The van der Waals surface area contributed by atoms with Crippen LogP contribution in [0.25, 0.3) is 11.0 Å². The monoisotopic (exact) mass is 442 g/mol. The van der Waals surface area contributed by atoms with E-state index in [2.05, 4.69) is 9.97 Å². The second-order valence-electron chi connectivity index (χ2n) is 7.95. The molecule has 2 aromatic rings. The summed E-state index contributed by atoms with van der Waals surface area (Å²) < 4.78 is 42.9. The van der Waals surface area contributed by atoms with Crippen LogP contribution in [0.2, 0.25) is 0 Å². The molecule has 0 saturated carbocycles. The van der Waals surface area contributed by atoms with E-state index in [1.807, 2.05) is 13.1 Å². The van der Waals surface area contributed by atoms with Gasteiger partial charge in [0, 0.05) is 24.2 Å². The van der Waals surface area contributed by atoms with E-state index in [1.165, 1.54) is 6.33 Å². The summed E-state index contributed by atoms with van der Waals surface area (Å²) in [6, 6.07) is 0. The average Bonchev–Trinajstić information content (AvgIpc) is 3.18. The van der Waals surface area contributed by atoms with Crippen LogP contribution in [0.1, 0.15) is 45.9 Å². The van der Waals surface area contributed by atoms with Crippen LogP contribution in [0.3, 0.4) is 0 Å². The molecule has 3 atom stereocenters. The van der Waals surface area contributed by atoms with E-state index in [0.717, 1.165) is 17.4 Å². The minimum atomic E-state index is -4.42. The predicted octanol–water partition coefficient (Wildman–Crippen LogP) is 1.43. The first kappa shape index (κ1) is 22.4. The molecule has 2 N–H and O–H groups in total. The Bertz CT molecular complexity index is 1020. The van der Waals surface area contributed by atoms with Crippen LogP contribution in [0.15, 0.2) is 18.7 Å². The van der Waals surface area contributed by atoms with Crippen molar-refractivity contribution in [2.24, 2.45) is 0 Å². The van der Waals surface area contributed by atoms with E-state index in [-0.39, 0.29) is 6.42 Å². The molecule has 0 bridgehead atoms. The van der Waals surface area contributed by atoms with Gasteiger partial charge in [-0.1, -0.05) is 6.92 Å². The van der Waals surface area contributed by atoms with E-state index in [1.54, 1.807) is 36.3 Å². The van der Waals surface area contributed by atoms with Crippen molar-refractivity contribution in [3.8, 4) is 0 Å². The third-order valence-corrected chi connectivity index (χ3v) is 5.33. The Morgan fingerprint density at radius 2 is 2.17 bits per heavy atom. The lowest BCUT2D eigenvalue weighted by molar-refractivity contribution is -0.0372. The molecule has 11 nitrogen and oxygen atoms in total. The topological polar surface area (TPSA) is 142 Å². The van der Waals surface area contributed by atoms with Crippen molar-refractivity contribution in [1.29, 1.82) is 0 Å². The predicted molar refractivity (Wildman–Crippen MR) is 106 cm³/mol. The number of fused-ring (bicyclic) bond motifs is 1. The molecule has 0 aliphatic carbocycles. The van der Waals surface area contributed by atoms with Gasteiger partial charge in [0.1, 0.15) is 29.9 Å².